The Bertz CT molecular complexity index is 735. The second-order valence-electron chi connectivity index (χ2n) is 6.65. The Labute approximate surface area is 147 Å². The molecule has 4 nitrogen and oxygen atoms in total. The third-order valence-electron chi connectivity index (χ3n) is 4.64. The van der Waals surface area contributed by atoms with Crippen LogP contribution in [0.5, 0.6) is 0 Å². The number of halogens is 1. The first-order valence-corrected chi connectivity index (χ1v) is 8.74. The Morgan fingerprint density at radius 3 is 2.92 bits per heavy atom. The van der Waals surface area contributed by atoms with Crippen molar-refractivity contribution in [3.05, 3.63) is 65.2 Å². The fourth-order valence-electron chi connectivity index (χ4n) is 3.43. The van der Waals surface area contributed by atoms with Crippen LogP contribution in [-0.4, -0.2) is 34.0 Å². The summed E-state index contributed by atoms with van der Waals surface area (Å²) in [5, 5.41) is 8.83. The van der Waals surface area contributed by atoms with E-state index in [2.05, 4.69) is 9.88 Å². The molecule has 5 heteroatoms. The van der Waals surface area contributed by atoms with Gasteiger partial charge in [-0.25, -0.2) is 4.39 Å². The molecule has 0 aliphatic carbocycles. The van der Waals surface area contributed by atoms with Crippen molar-refractivity contribution in [2.45, 2.75) is 38.1 Å². The van der Waals surface area contributed by atoms with E-state index in [1.165, 1.54) is 6.07 Å². The van der Waals surface area contributed by atoms with Crippen LogP contribution in [0, 0.1) is 5.82 Å². The average molecular weight is 342 g/mol. The van der Waals surface area contributed by atoms with Crippen LogP contribution in [0.3, 0.4) is 0 Å². The third kappa shape index (κ3) is 5.10. The molecule has 3 rings (SSSR count). The number of aromatic nitrogens is 1. The summed E-state index contributed by atoms with van der Waals surface area (Å²) in [4.78, 5) is 17.8. The zero-order valence-electron chi connectivity index (χ0n) is 14.2. The number of likely N-dealkylation sites (tertiary alicyclic amines) is 1. The molecule has 25 heavy (non-hydrogen) atoms. The number of benzene rings is 1. The lowest BCUT2D eigenvalue weighted by Crippen LogP contribution is -2.34. The number of hydrogen-bond donors (Lipinski definition) is 1. The molecule has 1 aromatic heterocycles. The van der Waals surface area contributed by atoms with Crippen molar-refractivity contribution in [2.24, 2.45) is 0 Å². The van der Waals surface area contributed by atoms with Crippen LogP contribution in [0.4, 0.5) is 4.39 Å². The number of carboxylic acids is 1. The van der Waals surface area contributed by atoms with Gasteiger partial charge in [-0.2, -0.15) is 0 Å². The van der Waals surface area contributed by atoms with Crippen LogP contribution in [0.2, 0.25) is 0 Å². The van der Waals surface area contributed by atoms with E-state index in [1.54, 1.807) is 12.1 Å². The summed E-state index contributed by atoms with van der Waals surface area (Å²) in [7, 11) is 0. The summed E-state index contributed by atoms with van der Waals surface area (Å²) in [6.07, 6.45) is 2.73. The molecular formula is C20H23FN2O2. The number of pyridine rings is 1. The van der Waals surface area contributed by atoms with E-state index in [9.17, 15) is 9.18 Å². The van der Waals surface area contributed by atoms with Gasteiger partial charge in [-0.3, -0.25) is 14.7 Å². The van der Waals surface area contributed by atoms with Crippen molar-refractivity contribution in [1.82, 2.24) is 9.88 Å². The monoisotopic (exact) mass is 342 g/mol. The molecule has 0 amide bonds. The fraction of sp³-hybridized carbons (Fsp3) is 0.400. The van der Waals surface area contributed by atoms with E-state index in [0.717, 1.165) is 49.4 Å². The summed E-state index contributed by atoms with van der Waals surface area (Å²) in [5.74, 6) is -0.655. The van der Waals surface area contributed by atoms with Gasteiger partial charge in [0.15, 0.2) is 0 Å². The van der Waals surface area contributed by atoms with E-state index < -0.39 is 5.97 Å². The van der Waals surface area contributed by atoms with Crippen molar-refractivity contribution in [2.75, 3.05) is 13.1 Å². The summed E-state index contributed by atoms with van der Waals surface area (Å²) < 4.78 is 13.4. The lowest BCUT2D eigenvalue weighted by Gasteiger charge is -2.32. The second-order valence-corrected chi connectivity index (χ2v) is 6.65. The number of piperidine rings is 1. The molecule has 1 aliphatic heterocycles. The number of nitrogens with zero attached hydrogens (tertiary/aromatic N) is 2. The lowest BCUT2D eigenvalue weighted by molar-refractivity contribution is -0.136. The normalized spacial score (nSPS) is 18.2. The molecule has 0 bridgehead atoms. The second kappa shape index (κ2) is 8.21. The molecular weight excluding hydrogens is 319 g/mol. The average Bonchev–Trinajstić information content (AvgIpc) is 2.60. The van der Waals surface area contributed by atoms with Crippen molar-refractivity contribution >= 4 is 5.97 Å². The molecule has 1 aromatic carbocycles. The van der Waals surface area contributed by atoms with Crippen LogP contribution in [0.25, 0.3) is 0 Å². The fourth-order valence-corrected chi connectivity index (χ4v) is 3.43. The first kappa shape index (κ1) is 17.5. The zero-order chi connectivity index (χ0) is 17.6. The van der Waals surface area contributed by atoms with E-state index in [-0.39, 0.29) is 12.2 Å². The minimum Gasteiger partial charge on any atom is -0.481 e. The summed E-state index contributed by atoms with van der Waals surface area (Å²) in [6, 6.07) is 12.6. The predicted octanol–water partition coefficient (Wildman–Crippen LogP) is 3.62. The number of aryl methyl sites for hydroxylation is 1. The van der Waals surface area contributed by atoms with Gasteiger partial charge in [0.2, 0.25) is 0 Å². The standard InChI is InChI=1S/C20H23FN2O2/c21-17-6-1-4-15(12-17)13-23-11-3-5-16(14-23)19-8-2-7-18(22-19)9-10-20(24)25/h1-2,4,6-8,12,16H,3,5,9-11,13-14H2,(H,24,25). The van der Waals surface area contributed by atoms with Gasteiger partial charge >= 0.3 is 5.97 Å². The highest BCUT2D eigenvalue weighted by Gasteiger charge is 2.22. The molecule has 1 fully saturated rings. The summed E-state index contributed by atoms with van der Waals surface area (Å²) in [5.41, 5.74) is 2.86. The van der Waals surface area contributed by atoms with Crippen LogP contribution in [0.15, 0.2) is 42.5 Å². The zero-order valence-corrected chi connectivity index (χ0v) is 14.2. The molecule has 1 N–H and O–H groups in total. The van der Waals surface area contributed by atoms with Crippen LogP contribution in [0.1, 0.15) is 42.1 Å². The third-order valence-corrected chi connectivity index (χ3v) is 4.64. The van der Waals surface area contributed by atoms with Gasteiger partial charge in [0, 0.05) is 36.8 Å². The van der Waals surface area contributed by atoms with Crippen molar-refractivity contribution in [1.29, 1.82) is 0 Å². The Kier molecular flexibility index (Phi) is 5.76. The number of carbonyl (C=O) groups is 1. The highest BCUT2D eigenvalue weighted by molar-refractivity contribution is 5.66. The first-order chi connectivity index (χ1) is 12.1. The Hall–Kier alpha value is -2.27. The van der Waals surface area contributed by atoms with E-state index >= 15 is 0 Å². The van der Waals surface area contributed by atoms with Gasteiger partial charge in [-0.05, 0) is 49.2 Å². The number of carboxylic acid groups (broad SMARTS) is 1. The molecule has 1 unspecified atom stereocenters. The van der Waals surface area contributed by atoms with Gasteiger partial charge in [0.25, 0.3) is 0 Å². The minimum absolute atomic E-state index is 0.104. The minimum atomic E-state index is -0.800. The number of hydrogen-bond acceptors (Lipinski definition) is 3. The van der Waals surface area contributed by atoms with E-state index in [4.69, 9.17) is 5.11 Å². The molecule has 0 saturated carbocycles. The highest BCUT2D eigenvalue weighted by Crippen LogP contribution is 2.27. The maximum absolute atomic E-state index is 13.4. The SMILES string of the molecule is O=C(O)CCc1cccc(C2CCCN(Cc3cccc(F)c3)C2)n1. The molecule has 0 radical (unpaired) electrons. The molecule has 0 spiro atoms. The Morgan fingerprint density at radius 1 is 1.28 bits per heavy atom. The lowest BCUT2D eigenvalue weighted by atomic mass is 9.93. The van der Waals surface area contributed by atoms with Crippen LogP contribution >= 0.6 is 0 Å². The quantitative estimate of drug-likeness (QED) is 0.871. The van der Waals surface area contributed by atoms with Crippen molar-refractivity contribution in [3.8, 4) is 0 Å². The molecule has 132 valence electrons. The first-order valence-electron chi connectivity index (χ1n) is 8.74. The predicted molar refractivity (Wildman–Crippen MR) is 93.8 cm³/mol. The molecule has 1 atom stereocenters. The Balaban J connectivity index is 1.64. The smallest absolute Gasteiger partial charge is 0.303 e. The maximum Gasteiger partial charge on any atom is 0.303 e. The van der Waals surface area contributed by atoms with Gasteiger partial charge in [0.05, 0.1) is 6.42 Å². The molecule has 2 aromatic rings. The molecule has 1 saturated heterocycles. The summed E-state index contributed by atoms with van der Waals surface area (Å²) >= 11 is 0. The highest BCUT2D eigenvalue weighted by atomic mass is 19.1. The van der Waals surface area contributed by atoms with E-state index in [0.29, 0.717) is 12.3 Å². The topological polar surface area (TPSA) is 53.4 Å². The van der Waals surface area contributed by atoms with Crippen LogP contribution < -0.4 is 0 Å². The van der Waals surface area contributed by atoms with Gasteiger partial charge in [-0.15, -0.1) is 0 Å². The summed E-state index contributed by atoms with van der Waals surface area (Å²) in [6.45, 7) is 2.64. The largest absolute Gasteiger partial charge is 0.481 e. The van der Waals surface area contributed by atoms with Gasteiger partial charge < -0.3 is 5.11 Å². The Morgan fingerprint density at radius 2 is 2.12 bits per heavy atom. The van der Waals surface area contributed by atoms with Gasteiger partial charge in [0.1, 0.15) is 5.82 Å². The molecule has 2 heterocycles. The van der Waals surface area contributed by atoms with Crippen molar-refractivity contribution < 1.29 is 14.3 Å². The van der Waals surface area contributed by atoms with E-state index in [1.807, 2.05) is 24.3 Å². The molecule has 1 aliphatic rings. The maximum atomic E-state index is 13.4. The van der Waals surface area contributed by atoms with Gasteiger partial charge in [-0.1, -0.05) is 18.2 Å². The number of aliphatic carboxylic acids is 1. The van der Waals surface area contributed by atoms with Crippen molar-refractivity contribution in [3.63, 3.8) is 0 Å². The number of rotatable bonds is 6. The van der Waals surface area contributed by atoms with Crippen LogP contribution in [-0.2, 0) is 17.8 Å².